The molecule has 0 bridgehead atoms. The molecular weight excluding hydrogens is 790 g/mol. The zero-order valence-corrected chi connectivity index (χ0v) is 33.2. The largest absolute Gasteiger partial charge is 0.416 e. The van der Waals surface area contributed by atoms with E-state index in [1.807, 2.05) is 115 Å². The third-order valence-corrected chi connectivity index (χ3v) is 11.2. The summed E-state index contributed by atoms with van der Waals surface area (Å²) < 4.78 is 43.3. The third kappa shape index (κ3) is 7.35. The number of rotatable bonds is 7. The van der Waals surface area contributed by atoms with Gasteiger partial charge in [-0.05, 0) is 106 Å². The first-order chi connectivity index (χ1) is 30.7. The molecule has 0 aliphatic carbocycles. The van der Waals surface area contributed by atoms with Crippen LogP contribution in [0.25, 0.3) is 95.0 Å². The van der Waals surface area contributed by atoms with Crippen molar-refractivity contribution in [1.29, 1.82) is 10.5 Å². The van der Waals surface area contributed by atoms with Crippen LogP contribution in [-0.2, 0) is 6.18 Å². The Hall–Kier alpha value is -8.66. The van der Waals surface area contributed by atoms with Crippen LogP contribution in [0.2, 0.25) is 0 Å². The SMILES string of the molecule is N#Cc1ccc(-c2ccc3c(c2)c2cc(-c4ccc(C#N)cc4)ccc2n3-c2cc(-c3ccc(C(F)(F)F)cc3)ccc2-c2nc(-c3ccccc3)nc(-c3ccccc3)n2)cc1. The molecule has 8 aromatic carbocycles. The summed E-state index contributed by atoms with van der Waals surface area (Å²) in [5.41, 5.74) is 10.2. The number of alkyl halides is 3. The molecule has 9 heteroatoms. The van der Waals surface area contributed by atoms with Crippen LogP contribution in [0.1, 0.15) is 16.7 Å². The van der Waals surface area contributed by atoms with Crippen molar-refractivity contribution in [2.75, 3.05) is 0 Å². The lowest BCUT2D eigenvalue weighted by Crippen LogP contribution is -2.05. The van der Waals surface area contributed by atoms with Crippen molar-refractivity contribution in [2.45, 2.75) is 6.18 Å². The molecule has 0 saturated heterocycles. The van der Waals surface area contributed by atoms with Crippen LogP contribution in [0.15, 0.2) is 188 Å². The average molecular weight is 821 g/mol. The zero-order valence-electron chi connectivity index (χ0n) is 33.2. The van der Waals surface area contributed by atoms with Gasteiger partial charge in [0.1, 0.15) is 0 Å². The van der Waals surface area contributed by atoms with Gasteiger partial charge in [-0.25, -0.2) is 15.0 Å². The fourth-order valence-corrected chi connectivity index (χ4v) is 7.98. The highest BCUT2D eigenvalue weighted by atomic mass is 19.4. The smallest absolute Gasteiger partial charge is 0.308 e. The van der Waals surface area contributed by atoms with Crippen molar-refractivity contribution in [3.63, 3.8) is 0 Å². The Morgan fingerprint density at radius 2 is 0.794 bits per heavy atom. The molecule has 0 unspecified atom stereocenters. The van der Waals surface area contributed by atoms with E-state index >= 15 is 0 Å². The molecule has 0 saturated carbocycles. The molecule has 0 aliphatic heterocycles. The van der Waals surface area contributed by atoms with E-state index in [0.717, 1.165) is 67.3 Å². The van der Waals surface area contributed by atoms with Crippen molar-refractivity contribution in [2.24, 2.45) is 0 Å². The second kappa shape index (κ2) is 15.7. The van der Waals surface area contributed by atoms with Gasteiger partial charge in [-0.3, -0.25) is 0 Å². The van der Waals surface area contributed by atoms with E-state index in [9.17, 15) is 23.7 Å². The van der Waals surface area contributed by atoms with Gasteiger partial charge in [-0.15, -0.1) is 0 Å². The van der Waals surface area contributed by atoms with E-state index in [-0.39, 0.29) is 0 Å². The van der Waals surface area contributed by atoms with E-state index in [4.69, 9.17) is 15.0 Å². The number of benzene rings is 8. The van der Waals surface area contributed by atoms with Crippen LogP contribution in [0, 0.1) is 22.7 Å². The molecule has 10 rings (SSSR count). The first-order valence-corrected chi connectivity index (χ1v) is 20.0. The van der Waals surface area contributed by atoms with Crippen LogP contribution < -0.4 is 0 Å². The van der Waals surface area contributed by atoms with Crippen LogP contribution in [-0.4, -0.2) is 19.5 Å². The summed E-state index contributed by atoms with van der Waals surface area (Å²) >= 11 is 0. The molecule has 0 spiro atoms. The quantitative estimate of drug-likeness (QED) is 0.160. The highest BCUT2D eigenvalue weighted by molar-refractivity contribution is 6.12. The Morgan fingerprint density at radius 3 is 1.24 bits per heavy atom. The Bertz CT molecular complexity index is 3250. The predicted octanol–water partition coefficient (Wildman–Crippen LogP) is 13.7. The topological polar surface area (TPSA) is 91.2 Å². The lowest BCUT2D eigenvalue weighted by atomic mass is 9.99. The minimum absolute atomic E-state index is 0.412. The van der Waals surface area contributed by atoms with Gasteiger partial charge >= 0.3 is 6.18 Å². The standard InChI is InChI=1S/C54H31F3N6/c55-54(56,57)44-24-19-38(20-25-44)43-21-26-45(53-61-51(39-7-3-1-4-8-39)60-52(62-53)40-9-5-2-6-10-40)50(31-43)63-48-27-22-41(36-15-11-34(32-58)12-16-36)29-46(48)47-30-42(23-28-49(47)63)37-17-13-35(33-59)14-18-37/h1-31H. The second-order valence-electron chi connectivity index (χ2n) is 15.0. The van der Waals surface area contributed by atoms with Crippen molar-refractivity contribution in [3.8, 4) is 85.4 Å². The van der Waals surface area contributed by atoms with E-state index in [2.05, 4.69) is 41.0 Å². The van der Waals surface area contributed by atoms with E-state index in [1.54, 1.807) is 24.3 Å². The number of nitriles is 2. The van der Waals surface area contributed by atoms with Gasteiger partial charge in [-0.1, -0.05) is 115 Å². The number of halogens is 3. The molecule has 0 aliphatic rings. The van der Waals surface area contributed by atoms with Crippen molar-refractivity contribution in [3.05, 3.63) is 205 Å². The molecule has 2 aromatic heterocycles. The van der Waals surface area contributed by atoms with Crippen LogP contribution in [0.4, 0.5) is 13.2 Å². The maximum absolute atomic E-state index is 13.7. The lowest BCUT2D eigenvalue weighted by Gasteiger charge is -2.17. The van der Waals surface area contributed by atoms with Crippen molar-refractivity contribution >= 4 is 21.8 Å². The number of fused-ring (bicyclic) bond motifs is 3. The molecule has 298 valence electrons. The monoisotopic (exact) mass is 820 g/mol. The molecule has 0 fully saturated rings. The number of aromatic nitrogens is 4. The maximum atomic E-state index is 13.7. The minimum atomic E-state index is -4.48. The van der Waals surface area contributed by atoms with Gasteiger partial charge in [-0.2, -0.15) is 23.7 Å². The second-order valence-corrected chi connectivity index (χ2v) is 15.0. The Balaban J connectivity index is 1.26. The van der Waals surface area contributed by atoms with Crippen molar-refractivity contribution in [1.82, 2.24) is 19.5 Å². The molecule has 0 atom stereocenters. The van der Waals surface area contributed by atoms with Crippen LogP contribution >= 0.6 is 0 Å². The van der Waals surface area contributed by atoms with Crippen LogP contribution in [0.3, 0.4) is 0 Å². The van der Waals surface area contributed by atoms with Gasteiger partial charge in [0.25, 0.3) is 0 Å². The zero-order chi connectivity index (χ0) is 43.1. The maximum Gasteiger partial charge on any atom is 0.416 e. The summed E-state index contributed by atoms with van der Waals surface area (Å²) in [6, 6.07) is 62.2. The van der Waals surface area contributed by atoms with Gasteiger partial charge in [0.05, 0.1) is 45.5 Å². The van der Waals surface area contributed by atoms with Gasteiger partial charge < -0.3 is 4.57 Å². The fourth-order valence-electron chi connectivity index (χ4n) is 7.98. The first kappa shape index (κ1) is 38.5. The van der Waals surface area contributed by atoms with E-state index in [0.29, 0.717) is 51.0 Å². The van der Waals surface area contributed by atoms with E-state index < -0.39 is 11.7 Å². The van der Waals surface area contributed by atoms with Gasteiger partial charge in [0.2, 0.25) is 0 Å². The highest BCUT2D eigenvalue weighted by Gasteiger charge is 2.30. The molecule has 0 radical (unpaired) electrons. The molecule has 2 heterocycles. The van der Waals surface area contributed by atoms with Crippen molar-refractivity contribution < 1.29 is 13.2 Å². The molecule has 0 N–H and O–H groups in total. The normalized spacial score (nSPS) is 11.4. The predicted molar refractivity (Wildman–Crippen MR) is 241 cm³/mol. The number of hydrogen-bond donors (Lipinski definition) is 0. The molecular formula is C54H31F3N6. The summed E-state index contributed by atoms with van der Waals surface area (Å²) in [5.74, 6) is 1.38. The number of nitrogens with zero attached hydrogens (tertiary/aromatic N) is 6. The highest BCUT2D eigenvalue weighted by Crippen LogP contribution is 2.41. The molecule has 6 nitrogen and oxygen atoms in total. The summed E-state index contributed by atoms with van der Waals surface area (Å²) in [5, 5.41) is 20.8. The summed E-state index contributed by atoms with van der Waals surface area (Å²) in [6.45, 7) is 0. The minimum Gasteiger partial charge on any atom is -0.308 e. The third-order valence-electron chi connectivity index (χ3n) is 11.2. The summed E-state index contributed by atoms with van der Waals surface area (Å²) in [7, 11) is 0. The molecule has 0 amide bonds. The lowest BCUT2D eigenvalue weighted by molar-refractivity contribution is -0.137. The fraction of sp³-hybridized carbons (Fsp3) is 0.0185. The Labute approximate surface area is 360 Å². The average Bonchev–Trinajstić information content (AvgIpc) is 3.67. The Morgan fingerprint density at radius 1 is 0.397 bits per heavy atom. The van der Waals surface area contributed by atoms with Gasteiger partial charge in [0, 0.05) is 27.5 Å². The molecule has 10 aromatic rings. The molecule has 63 heavy (non-hydrogen) atoms. The van der Waals surface area contributed by atoms with E-state index in [1.165, 1.54) is 12.1 Å². The van der Waals surface area contributed by atoms with Crippen LogP contribution in [0.5, 0.6) is 0 Å². The van der Waals surface area contributed by atoms with Gasteiger partial charge in [0.15, 0.2) is 17.5 Å². The first-order valence-electron chi connectivity index (χ1n) is 20.0. The summed E-state index contributed by atoms with van der Waals surface area (Å²) in [4.78, 5) is 15.1. The number of hydrogen-bond acceptors (Lipinski definition) is 5. The summed E-state index contributed by atoms with van der Waals surface area (Å²) in [6.07, 6.45) is -4.48. The Kier molecular flexibility index (Phi) is 9.63.